The van der Waals surface area contributed by atoms with E-state index in [-0.39, 0.29) is 32.1 Å². The maximum absolute atomic E-state index is 11.7. The van der Waals surface area contributed by atoms with E-state index in [1.807, 2.05) is 0 Å². The molecule has 2 rings (SSSR count). The van der Waals surface area contributed by atoms with Gasteiger partial charge in [-0.15, -0.1) is 0 Å². The van der Waals surface area contributed by atoms with Crippen LogP contribution in [0.1, 0.15) is 38.5 Å². The number of esters is 1. The number of carbonyl (C=O) groups excluding carboxylic acids is 4. The molecule has 1 fully saturated rings. The number of hydrogen-bond donors (Lipinski definition) is 1. The molecule has 0 bridgehead atoms. The summed E-state index contributed by atoms with van der Waals surface area (Å²) in [6.07, 6.45) is 2.06. The molecule has 9 heteroatoms. The molecule has 0 radical (unpaired) electrons. The average Bonchev–Trinajstić information content (AvgIpc) is 2.85. The molecule has 1 heterocycles. The maximum atomic E-state index is 11.7. The number of amides is 2. The first kappa shape index (κ1) is 17.9. The Bertz CT molecular complexity index is 556. The van der Waals surface area contributed by atoms with Gasteiger partial charge in [-0.25, -0.2) is 9.59 Å². The highest BCUT2D eigenvalue weighted by atomic mass is 16.8. The van der Waals surface area contributed by atoms with Crippen LogP contribution >= 0.6 is 0 Å². The van der Waals surface area contributed by atoms with Crippen LogP contribution in [-0.2, 0) is 28.7 Å². The summed E-state index contributed by atoms with van der Waals surface area (Å²) in [6.45, 7) is 0. The van der Waals surface area contributed by atoms with Crippen molar-refractivity contribution in [1.29, 1.82) is 0 Å². The summed E-state index contributed by atoms with van der Waals surface area (Å²) in [5, 5.41) is 10.7. The first-order valence-corrected chi connectivity index (χ1v) is 7.57. The molecule has 2 amide bonds. The van der Waals surface area contributed by atoms with Crippen molar-refractivity contribution in [2.24, 2.45) is 0 Å². The molecule has 1 aliphatic carbocycles. The lowest BCUT2D eigenvalue weighted by atomic mass is 9.88. The molecule has 9 nitrogen and oxygen atoms in total. The Morgan fingerprint density at radius 3 is 2.54 bits per heavy atom. The molecule has 0 aromatic carbocycles. The number of rotatable bonds is 3. The van der Waals surface area contributed by atoms with Crippen LogP contribution in [0.25, 0.3) is 0 Å². The predicted molar refractivity (Wildman–Crippen MR) is 77.0 cm³/mol. The number of ether oxygens (including phenoxy) is 2. The number of hydroxylamine groups is 2. The van der Waals surface area contributed by atoms with Gasteiger partial charge in [-0.05, 0) is 31.8 Å². The zero-order valence-corrected chi connectivity index (χ0v) is 13.2. The van der Waals surface area contributed by atoms with Crippen molar-refractivity contribution >= 4 is 23.9 Å². The van der Waals surface area contributed by atoms with E-state index in [1.54, 1.807) is 12.2 Å². The molecule has 2 atom stereocenters. The fraction of sp³-hybridized carbons (Fsp3) is 0.600. The van der Waals surface area contributed by atoms with E-state index in [9.17, 15) is 24.3 Å². The van der Waals surface area contributed by atoms with E-state index in [1.165, 1.54) is 7.11 Å². The van der Waals surface area contributed by atoms with E-state index in [4.69, 9.17) is 4.74 Å². The second-order valence-corrected chi connectivity index (χ2v) is 5.61. The Balaban J connectivity index is 1.93. The van der Waals surface area contributed by atoms with Crippen LogP contribution in [0.4, 0.5) is 4.79 Å². The molecule has 1 saturated heterocycles. The second kappa shape index (κ2) is 7.43. The summed E-state index contributed by atoms with van der Waals surface area (Å²) < 4.78 is 9.63. The fourth-order valence-electron chi connectivity index (χ4n) is 2.54. The molecule has 132 valence electrons. The van der Waals surface area contributed by atoms with E-state index in [0.29, 0.717) is 11.5 Å². The van der Waals surface area contributed by atoms with Gasteiger partial charge in [0.15, 0.2) is 5.60 Å². The number of hydrogen-bond acceptors (Lipinski definition) is 8. The van der Waals surface area contributed by atoms with Crippen LogP contribution in [0.2, 0.25) is 0 Å². The summed E-state index contributed by atoms with van der Waals surface area (Å²) in [7, 11) is 1.18. The van der Waals surface area contributed by atoms with Crippen LogP contribution in [0.5, 0.6) is 0 Å². The second-order valence-electron chi connectivity index (χ2n) is 5.61. The lowest BCUT2D eigenvalue weighted by Crippen LogP contribution is -2.41. The zero-order chi connectivity index (χ0) is 17.7. The minimum atomic E-state index is -1.65. The van der Waals surface area contributed by atoms with Gasteiger partial charge in [0.25, 0.3) is 11.8 Å². The van der Waals surface area contributed by atoms with Crippen molar-refractivity contribution in [3.05, 3.63) is 12.2 Å². The topological polar surface area (TPSA) is 119 Å². The van der Waals surface area contributed by atoms with Crippen LogP contribution in [-0.4, -0.2) is 52.9 Å². The van der Waals surface area contributed by atoms with Gasteiger partial charge in [0, 0.05) is 12.8 Å². The third-order valence-corrected chi connectivity index (χ3v) is 3.90. The largest absolute Gasteiger partial charge is 0.534 e. The highest BCUT2D eigenvalue weighted by Gasteiger charge is 2.38. The highest BCUT2D eigenvalue weighted by molar-refractivity contribution is 6.01. The molecule has 0 saturated carbocycles. The van der Waals surface area contributed by atoms with Crippen molar-refractivity contribution in [2.45, 2.75) is 50.2 Å². The summed E-state index contributed by atoms with van der Waals surface area (Å²) in [6, 6.07) is 0. The third kappa shape index (κ3) is 4.10. The van der Waals surface area contributed by atoms with Gasteiger partial charge in [0.1, 0.15) is 6.10 Å². The summed E-state index contributed by atoms with van der Waals surface area (Å²) >= 11 is 0. The lowest BCUT2D eigenvalue weighted by molar-refractivity contribution is -0.178. The summed E-state index contributed by atoms with van der Waals surface area (Å²) in [5.74, 6) is -1.96. The molecule has 1 N–H and O–H groups in total. The van der Waals surface area contributed by atoms with Gasteiger partial charge < -0.3 is 14.6 Å². The zero-order valence-electron chi connectivity index (χ0n) is 13.2. The Morgan fingerprint density at radius 2 is 1.92 bits per heavy atom. The monoisotopic (exact) mass is 341 g/mol. The van der Waals surface area contributed by atoms with Gasteiger partial charge >= 0.3 is 12.1 Å². The van der Waals surface area contributed by atoms with Crippen molar-refractivity contribution < 1.29 is 38.6 Å². The smallest absolute Gasteiger partial charge is 0.467 e. The Labute approximate surface area is 138 Å². The molecule has 0 aromatic heterocycles. The van der Waals surface area contributed by atoms with Crippen molar-refractivity contribution in [2.75, 3.05) is 7.11 Å². The molecular weight excluding hydrogens is 322 g/mol. The van der Waals surface area contributed by atoms with Crippen molar-refractivity contribution in [3.63, 3.8) is 0 Å². The number of allylic oxidation sites excluding steroid dienone is 1. The Morgan fingerprint density at radius 1 is 1.25 bits per heavy atom. The maximum Gasteiger partial charge on any atom is 0.534 e. The van der Waals surface area contributed by atoms with E-state index >= 15 is 0 Å². The highest BCUT2D eigenvalue weighted by Crippen LogP contribution is 2.26. The quantitative estimate of drug-likeness (QED) is 0.450. The molecular formula is C15H19NO8. The van der Waals surface area contributed by atoms with Crippen molar-refractivity contribution in [1.82, 2.24) is 5.06 Å². The number of imide groups is 1. The standard InChI is InChI=1S/C15H19NO8/c1-22-13(19)15(21)8-3-2-4-10(7-9-15)23-14(20)24-16-11(17)5-6-12(16)18/h2,4,10,21H,3,5-9H2,1H3/b4-2+/t10-,15-/m0/s1. The van der Waals surface area contributed by atoms with Crippen LogP contribution in [0.3, 0.4) is 0 Å². The molecule has 0 unspecified atom stereocenters. The molecule has 0 aromatic rings. The number of methoxy groups -OCH3 is 1. The minimum absolute atomic E-state index is 0.0123. The van der Waals surface area contributed by atoms with E-state index in [2.05, 4.69) is 9.57 Å². The van der Waals surface area contributed by atoms with Gasteiger partial charge in [-0.1, -0.05) is 11.1 Å². The molecule has 2 aliphatic rings. The summed E-state index contributed by atoms with van der Waals surface area (Å²) in [4.78, 5) is 50.8. The van der Waals surface area contributed by atoms with E-state index < -0.39 is 35.6 Å². The molecule has 24 heavy (non-hydrogen) atoms. The van der Waals surface area contributed by atoms with E-state index in [0.717, 1.165) is 0 Å². The van der Waals surface area contributed by atoms with Crippen molar-refractivity contribution in [3.8, 4) is 0 Å². The molecule has 0 spiro atoms. The van der Waals surface area contributed by atoms with Crippen LogP contribution in [0.15, 0.2) is 12.2 Å². The van der Waals surface area contributed by atoms with Gasteiger partial charge in [0.05, 0.1) is 7.11 Å². The Hall–Kier alpha value is -2.42. The first-order chi connectivity index (χ1) is 11.4. The van der Waals surface area contributed by atoms with Gasteiger partial charge in [-0.3, -0.25) is 14.4 Å². The lowest BCUT2D eigenvalue weighted by Gasteiger charge is -2.27. The van der Waals surface area contributed by atoms with Crippen LogP contribution < -0.4 is 0 Å². The minimum Gasteiger partial charge on any atom is -0.467 e. The SMILES string of the molecule is COC(=O)[C@]1(O)CC/C=C/[C@H](OC(=O)ON2C(=O)CCC2=O)CC1. The normalized spacial score (nSPS) is 28.8. The molecule has 1 aliphatic heterocycles. The summed E-state index contributed by atoms with van der Waals surface area (Å²) in [5.41, 5.74) is -1.65. The van der Waals surface area contributed by atoms with Gasteiger partial charge in [0.2, 0.25) is 0 Å². The average molecular weight is 341 g/mol. The van der Waals surface area contributed by atoms with Gasteiger partial charge in [-0.2, -0.15) is 0 Å². The number of aliphatic hydroxyl groups is 1. The number of nitrogens with zero attached hydrogens (tertiary/aromatic N) is 1. The first-order valence-electron chi connectivity index (χ1n) is 7.57. The Kier molecular flexibility index (Phi) is 5.55. The predicted octanol–water partition coefficient (Wildman–Crippen LogP) is 0.606. The third-order valence-electron chi connectivity index (χ3n) is 3.90. The van der Waals surface area contributed by atoms with Crippen LogP contribution in [0, 0.1) is 0 Å². The fourth-order valence-corrected chi connectivity index (χ4v) is 2.54. The number of carbonyl (C=O) groups is 4.